The SMILES string of the molecule is CCn1c(SCC(=O)Nc2ccc(OC)cc2)nnc1[C@H](C)NC(=O)c1ccc(OC)cc1. The van der Waals surface area contributed by atoms with E-state index >= 15 is 0 Å². The summed E-state index contributed by atoms with van der Waals surface area (Å²) < 4.78 is 12.1. The first kappa shape index (κ1) is 24.1. The number of carbonyl (C=O) groups is 2. The molecule has 0 unspecified atom stereocenters. The molecule has 174 valence electrons. The molecule has 0 saturated heterocycles. The minimum Gasteiger partial charge on any atom is -0.497 e. The maximum absolute atomic E-state index is 12.6. The van der Waals surface area contributed by atoms with Gasteiger partial charge in [0.15, 0.2) is 11.0 Å². The van der Waals surface area contributed by atoms with E-state index < -0.39 is 0 Å². The van der Waals surface area contributed by atoms with E-state index in [4.69, 9.17) is 9.47 Å². The van der Waals surface area contributed by atoms with Gasteiger partial charge in [-0.1, -0.05) is 11.8 Å². The van der Waals surface area contributed by atoms with Crippen LogP contribution < -0.4 is 20.1 Å². The standard InChI is InChI=1S/C23H27N5O4S/c1-5-28-21(15(2)24-22(30)16-6-10-18(31-3)11-7-16)26-27-23(28)33-14-20(29)25-17-8-12-19(32-4)13-9-17/h6-13,15H,5,14H2,1-4H3,(H,24,30)(H,25,29)/t15-/m0/s1. The van der Waals surface area contributed by atoms with Gasteiger partial charge in [0, 0.05) is 17.8 Å². The van der Waals surface area contributed by atoms with Gasteiger partial charge in [0.2, 0.25) is 5.91 Å². The Balaban J connectivity index is 1.59. The predicted molar refractivity (Wildman–Crippen MR) is 127 cm³/mol. The van der Waals surface area contributed by atoms with E-state index in [9.17, 15) is 9.59 Å². The van der Waals surface area contributed by atoms with Gasteiger partial charge >= 0.3 is 0 Å². The second-order valence-electron chi connectivity index (χ2n) is 7.07. The Labute approximate surface area is 196 Å². The lowest BCUT2D eigenvalue weighted by molar-refractivity contribution is -0.113. The summed E-state index contributed by atoms with van der Waals surface area (Å²) in [4.78, 5) is 24.9. The first-order valence-corrected chi connectivity index (χ1v) is 11.4. The van der Waals surface area contributed by atoms with Gasteiger partial charge in [-0.05, 0) is 62.4 Å². The topological polar surface area (TPSA) is 107 Å². The van der Waals surface area contributed by atoms with Crippen molar-refractivity contribution in [3.63, 3.8) is 0 Å². The van der Waals surface area contributed by atoms with Crippen molar-refractivity contribution in [1.29, 1.82) is 0 Å². The molecule has 0 bridgehead atoms. The van der Waals surface area contributed by atoms with Gasteiger partial charge in [-0.3, -0.25) is 9.59 Å². The van der Waals surface area contributed by atoms with Crippen molar-refractivity contribution in [3.8, 4) is 11.5 Å². The normalized spacial score (nSPS) is 11.5. The highest BCUT2D eigenvalue weighted by atomic mass is 32.2. The van der Waals surface area contributed by atoms with Crippen LogP contribution in [0, 0.1) is 0 Å². The number of nitrogens with zero attached hydrogens (tertiary/aromatic N) is 3. The lowest BCUT2D eigenvalue weighted by Crippen LogP contribution is -2.28. The van der Waals surface area contributed by atoms with Crippen molar-refractivity contribution in [3.05, 3.63) is 59.9 Å². The molecule has 3 aromatic rings. The lowest BCUT2D eigenvalue weighted by atomic mass is 10.2. The maximum atomic E-state index is 12.6. The first-order chi connectivity index (χ1) is 15.9. The summed E-state index contributed by atoms with van der Waals surface area (Å²) in [5, 5.41) is 14.9. The average Bonchev–Trinajstić information content (AvgIpc) is 3.26. The minimum atomic E-state index is -0.366. The summed E-state index contributed by atoms with van der Waals surface area (Å²) in [5.74, 6) is 1.83. The lowest BCUT2D eigenvalue weighted by Gasteiger charge is -2.15. The molecule has 0 aliphatic heterocycles. The summed E-state index contributed by atoms with van der Waals surface area (Å²) in [6.45, 7) is 4.42. The number of methoxy groups -OCH3 is 2. The van der Waals surface area contributed by atoms with Gasteiger partial charge in [-0.2, -0.15) is 0 Å². The number of carbonyl (C=O) groups excluding carboxylic acids is 2. The fraction of sp³-hybridized carbons (Fsp3) is 0.304. The fourth-order valence-electron chi connectivity index (χ4n) is 3.11. The molecule has 9 nitrogen and oxygen atoms in total. The molecule has 2 amide bonds. The molecule has 1 aromatic heterocycles. The van der Waals surface area contributed by atoms with Crippen molar-refractivity contribution in [2.24, 2.45) is 0 Å². The van der Waals surface area contributed by atoms with Gasteiger partial charge in [0.25, 0.3) is 5.91 Å². The van der Waals surface area contributed by atoms with E-state index in [-0.39, 0.29) is 23.6 Å². The van der Waals surface area contributed by atoms with E-state index in [1.165, 1.54) is 11.8 Å². The Morgan fingerprint density at radius 3 is 2.18 bits per heavy atom. The number of amides is 2. The third-order valence-electron chi connectivity index (χ3n) is 4.85. The fourth-order valence-corrected chi connectivity index (χ4v) is 3.92. The Hall–Kier alpha value is -3.53. The molecule has 0 radical (unpaired) electrons. The van der Waals surface area contributed by atoms with E-state index in [1.807, 2.05) is 18.4 Å². The van der Waals surface area contributed by atoms with Crippen LogP contribution in [0.15, 0.2) is 53.7 Å². The van der Waals surface area contributed by atoms with E-state index in [0.29, 0.717) is 34.5 Å². The van der Waals surface area contributed by atoms with Crippen LogP contribution in [0.1, 0.15) is 36.1 Å². The van der Waals surface area contributed by atoms with Crippen molar-refractivity contribution in [2.75, 3.05) is 25.3 Å². The summed E-state index contributed by atoms with van der Waals surface area (Å²) in [6.07, 6.45) is 0. The zero-order valence-electron chi connectivity index (χ0n) is 19.0. The van der Waals surface area contributed by atoms with Gasteiger partial charge in [-0.25, -0.2) is 0 Å². The number of hydrogen-bond acceptors (Lipinski definition) is 7. The predicted octanol–water partition coefficient (Wildman–Crippen LogP) is 3.54. The quantitative estimate of drug-likeness (QED) is 0.437. The molecule has 1 heterocycles. The van der Waals surface area contributed by atoms with Crippen LogP contribution in [-0.2, 0) is 11.3 Å². The van der Waals surface area contributed by atoms with Crippen molar-refractivity contribution in [1.82, 2.24) is 20.1 Å². The van der Waals surface area contributed by atoms with Gasteiger partial charge in [0.05, 0.1) is 26.0 Å². The highest BCUT2D eigenvalue weighted by molar-refractivity contribution is 7.99. The number of aromatic nitrogens is 3. The molecule has 33 heavy (non-hydrogen) atoms. The third kappa shape index (κ3) is 6.26. The number of anilines is 1. The molecule has 0 aliphatic carbocycles. The molecule has 2 N–H and O–H groups in total. The highest BCUT2D eigenvalue weighted by Crippen LogP contribution is 2.22. The van der Waals surface area contributed by atoms with Crippen molar-refractivity contribution >= 4 is 29.3 Å². The van der Waals surface area contributed by atoms with Crippen molar-refractivity contribution < 1.29 is 19.1 Å². The Morgan fingerprint density at radius 1 is 1.00 bits per heavy atom. The molecule has 3 rings (SSSR count). The van der Waals surface area contributed by atoms with Crippen molar-refractivity contribution in [2.45, 2.75) is 31.6 Å². The summed E-state index contributed by atoms with van der Waals surface area (Å²) >= 11 is 1.29. The third-order valence-corrected chi connectivity index (χ3v) is 5.82. The van der Waals surface area contributed by atoms with E-state index in [1.54, 1.807) is 62.8 Å². The zero-order chi connectivity index (χ0) is 23.8. The maximum Gasteiger partial charge on any atom is 0.251 e. The van der Waals surface area contributed by atoms with E-state index in [0.717, 1.165) is 5.75 Å². The molecule has 0 aliphatic rings. The molecule has 10 heteroatoms. The number of thioether (sulfide) groups is 1. The van der Waals surface area contributed by atoms with Crippen LogP contribution in [0.3, 0.4) is 0 Å². The van der Waals surface area contributed by atoms with Crippen LogP contribution in [0.25, 0.3) is 0 Å². The number of nitrogens with one attached hydrogen (secondary N) is 2. The number of ether oxygens (including phenoxy) is 2. The number of hydrogen-bond donors (Lipinski definition) is 2. The molecule has 0 saturated carbocycles. The summed E-state index contributed by atoms with van der Waals surface area (Å²) in [5.41, 5.74) is 1.21. The largest absolute Gasteiger partial charge is 0.497 e. The van der Waals surface area contributed by atoms with Crippen LogP contribution in [0.4, 0.5) is 5.69 Å². The van der Waals surface area contributed by atoms with Gasteiger partial charge in [0.1, 0.15) is 11.5 Å². The molecular formula is C23H27N5O4S. The first-order valence-electron chi connectivity index (χ1n) is 10.4. The molecule has 2 aromatic carbocycles. The summed E-state index contributed by atoms with van der Waals surface area (Å²) in [6, 6.07) is 13.6. The van der Waals surface area contributed by atoms with Crippen LogP contribution >= 0.6 is 11.8 Å². The molecular weight excluding hydrogens is 442 g/mol. The van der Waals surface area contributed by atoms with Crippen LogP contribution in [0.5, 0.6) is 11.5 Å². The zero-order valence-corrected chi connectivity index (χ0v) is 19.8. The second kappa shape index (κ2) is 11.4. The average molecular weight is 470 g/mol. The van der Waals surface area contributed by atoms with E-state index in [2.05, 4.69) is 20.8 Å². The van der Waals surface area contributed by atoms with Gasteiger partial charge in [-0.15, -0.1) is 10.2 Å². The minimum absolute atomic E-state index is 0.154. The molecule has 1 atom stereocenters. The Bertz CT molecular complexity index is 1080. The molecule has 0 fully saturated rings. The highest BCUT2D eigenvalue weighted by Gasteiger charge is 2.20. The Kier molecular flexibility index (Phi) is 8.31. The molecule has 0 spiro atoms. The number of rotatable bonds is 10. The second-order valence-corrected chi connectivity index (χ2v) is 8.02. The van der Waals surface area contributed by atoms with Crippen LogP contribution in [0.2, 0.25) is 0 Å². The monoisotopic (exact) mass is 469 g/mol. The summed E-state index contributed by atoms with van der Waals surface area (Å²) in [7, 11) is 3.17. The van der Waals surface area contributed by atoms with Crippen LogP contribution in [-0.4, -0.2) is 46.6 Å². The van der Waals surface area contributed by atoms with Gasteiger partial charge < -0.3 is 24.7 Å². The number of benzene rings is 2. The smallest absolute Gasteiger partial charge is 0.251 e. The Morgan fingerprint density at radius 2 is 1.61 bits per heavy atom.